The molecule has 8 heteroatoms. The van der Waals surface area contributed by atoms with Gasteiger partial charge in [0.15, 0.2) is 0 Å². The molecule has 0 aromatic heterocycles. The van der Waals surface area contributed by atoms with Crippen molar-refractivity contribution in [2.24, 2.45) is 5.92 Å². The van der Waals surface area contributed by atoms with Gasteiger partial charge in [-0.3, -0.25) is 9.59 Å². The highest BCUT2D eigenvalue weighted by Crippen LogP contribution is 2.44. The number of nitrogens with zero attached hydrogens (tertiary/aromatic N) is 2. The van der Waals surface area contributed by atoms with Crippen molar-refractivity contribution in [3.63, 3.8) is 0 Å². The van der Waals surface area contributed by atoms with Crippen molar-refractivity contribution in [1.29, 1.82) is 0 Å². The predicted molar refractivity (Wildman–Crippen MR) is 132 cm³/mol. The summed E-state index contributed by atoms with van der Waals surface area (Å²) in [7, 11) is 3.64. The summed E-state index contributed by atoms with van der Waals surface area (Å²) in [6, 6.07) is 15.3. The van der Waals surface area contributed by atoms with Crippen LogP contribution in [0.25, 0.3) is 11.1 Å². The van der Waals surface area contributed by atoms with Crippen LogP contribution in [0.4, 0.5) is 4.79 Å². The maximum Gasteiger partial charge on any atom is 0.407 e. The van der Waals surface area contributed by atoms with Crippen molar-refractivity contribution < 1.29 is 24.2 Å². The molecule has 2 aromatic rings. The minimum absolute atomic E-state index is 0.0745. The van der Waals surface area contributed by atoms with Gasteiger partial charge in [-0.25, -0.2) is 4.79 Å². The van der Waals surface area contributed by atoms with Crippen LogP contribution in [-0.4, -0.2) is 78.8 Å². The van der Waals surface area contributed by atoms with E-state index in [1.54, 1.807) is 4.90 Å². The maximum atomic E-state index is 13.4. The number of hydrogen-bond acceptors (Lipinski definition) is 5. The molecule has 8 nitrogen and oxygen atoms in total. The lowest BCUT2D eigenvalue weighted by molar-refractivity contribution is -0.148. The minimum atomic E-state index is -0.900. The summed E-state index contributed by atoms with van der Waals surface area (Å²) in [5.41, 5.74) is 4.52. The number of carboxylic acid groups (broad SMARTS) is 1. The lowest BCUT2D eigenvalue weighted by atomic mass is 9.93. The highest BCUT2D eigenvalue weighted by Gasteiger charge is 2.37. The van der Waals surface area contributed by atoms with Gasteiger partial charge in [-0.1, -0.05) is 48.5 Å². The van der Waals surface area contributed by atoms with E-state index < -0.39 is 24.0 Å². The molecule has 0 bridgehead atoms. The van der Waals surface area contributed by atoms with Gasteiger partial charge in [0.25, 0.3) is 0 Å². The fourth-order valence-corrected chi connectivity index (χ4v) is 5.15. The van der Waals surface area contributed by atoms with E-state index >= 15 is 0 Å². The maximum absolute atomic E-state index is 13.4. The van der Waals surface area contributed by atoms with E-state index in [0.717, 1.165) is 22.3 Å². The molecule has 35 heavy (non-hydrogen) atoms. The van der Waals surface area contributed by atoms with Gasteiger partial charge in [0.2, 0.25) is 5.91 Å². The van der Waals surface area contributed by atoms with E-state index in [0.29, 0.717) is 12.8 Å². The van der Waals surface area contributed by atoms with Crippen molar-refractivity contribution in [2.75, 3.05) is 33.8 Å². The number of likely N-dealkylation sites (N-methyl/N-ethyl adjacent to an activating group) is 1. The zero-order chi connectivity index (χ0) is 25.1. The third kappa shape index (κ3) is 5.32. The molecular formula is C27H33N3O5. The molecule has 2 aromatic carbocycles. The topological polar surface area (TPSA) is 99.2 Å². The number of aliphatic carboxylic acids is 1. The molecule has 0 saturated carbocycles. The summed E-state index contributed by atoms with van der Waals surface area (Å²) >= 11 is 0. The molecule has 0 radical (unpaired) electrons. The molecular weight excluding hydrogens is 446 g/mol. The van der Waals surface area contributed by atoms with E-state index in [2.05, 4.69) is 29.6 Å². The van der Waals surface area contributed by atoms with Gasteiger partial charge in [-0.05, 0) is 56.1 Å². The number of hydrogen-bond donors (Lipinski definition) is 2. The van der Waals surface area contributed by atoms with Crippen LogP contribution in [0.1, 0.15) is 36.8 Å². The second kappa shape index (κ2) is 10.5. The van der Waals surface area contributed by atoms with Crippen molar-refractivity contribution in [3.8, 4) is 11.1 Å². The van der Waals surface area contributed by atoms with Gasteiger partial charge >= 0.3 is 12.1 Å². The summed E-state index contributed by atoms with van der Waals surface area (Å²) < 4.78 is 5.64. The quantitative estimate of drug-likeness (QED) is 0.633. The van der Waals surface area contributed by atoms with Crippen molar-refractivity contribution in [1.82, 2.24) is 15.1 Å². The van der Waals surface area contributed by atoms with Crippen LogP contribution in [0.2, 0.25) is 0 Å². The lowest BCUT2D eigenvalue weighted by Crippen LogP contribution is -2.57. The van der Waals surface area contributed by atoms with Crippen LogP contribution >= 0.6 is 0 Å². The average Bonchev–Trinajstić information content (AvgIpc) is 3.15. The Kier molecular flexibility index (Phi) is 7.40. The number of benzene rings is 2. The first-order valence-electron chi connectivity index (χ1n) is 12.1. The number of fused-ring (bicyclic) bond motifs is 3. The van der Waals surface area contributed by atoms with Crippen molar-refractivity contribution >= 4 is 18.0 Å². The van der Waals surface area contributed by atoms with Crippen molar-refractivity contribution in [2.45, 2.75) is 37.8 Å². The van der Waals surface area contributed by atoms with E-state index in [9.17, 15) is 19.5 Å². The van der Waals surface area contributed by atoms with E-state index in [1.807, 2.05) is 50.2 Å². The first-order valence-corrected chi connectivity index (χ1v) is 12.1. The smallest absolute Gasteiger partial charge is 0.407 e. The molecule has 2 unspecified atom stereocenters. The van der Waals surface area contributed by atoms with Crippen LogP contribution < -0.4 is 5.32 Å². The van der Waals surface area contributed by atoms with Gasteiger partial charge < -0.3 is 25.0 Å². The number of likely N-dealkylation sites (tertiary alicyclic amines) is 1. The number of carboxylic acids is 1. The van der Waals surface area contributed by atoms with Crippen LogP contribution in [-0.2, 0) is 14.3 Å². The zero-order valence-corrected chi connectivity index (χ0v) is 20.4. The summed E-state index contributed by atoms with van der Waals surface area (Å²) in [4.78, 5) is 41.1. The fourth-order valence-electron chi connectivity index (χ4n) is 5.15. The number of carbonyl (C=O) groups is 3. The van der Waals surface area contributed by atoms with E-state index in [4.69, 9.17) is 4.74 Å². The molecule has 0 spiro atoms. The van der Waals surface area contributed by atoms with Gasteiger partial charge in [-0.15, -0.1) is 0 Å². The number of amides is 2. The summed E-state index contributed by atoms with van der Waals surface area (Å²) in [5.74, 6) is -1.85. The fraction of sp³-hybridized carbons (Fsp3) is 0.444. The molecule has 1 aliphatic heterocycles. The summed E-state index contributed by atoms with van der Waals surface area (Å²) in [6.45, 7) is 2.50. The molecule has 1 aliphatic carbocycles. The first-order chi connectivity index (χ1) is 16.8. The molecule has 186 valence electrons. The van der Waals surface area contributed by atoms with Crippen LogP contribution in [0.15, 0.2) is 48.5 Å². The van der Waals surface area contributed by atoms with Crippen LogP contribution in [0, 0.1) is 5.92 Å². The van der Waals surface area contributed by atoms with E-state index in [-0.39, 0.29) is 37.6 Å². The largest absolute Gasteiger partial charge is 0.481 e. The second-order valence-electron chi connectivity index (χ2n) is 9.74. The SMILES string of the molecule is CC1CCC(C(=O)O)CN1C(=O)[C@H](CN(C)C)NC(=O)OCC1c2ccccc2-c2ccccc21. The summed E-state index contributed by atoms with van der Waals surface area (Å²) in [5, 5.41) is 12.2. The van der Waals surface area contributed by atoms with Crippen LogP contribution in [0.5, 0.6) is 0 Å². The number of rotatable bonds is 7. The second-order valence-corrected chi connectivity index (χ2v) is 9.74. The standard InChI is InChI=1S/C27H33N3O5/c1-17-12-13-18(26(32)33)14-30(17)25(31)24(15-29(2)3)28-27(34)35-16-23-21-10-6-4-8-19(21)20-9-5-7-11-22(20)23/h4-11,17-18,23-24H,12-16H2,1-3H3,(H,28,34)(H,32,33)/t17?,18?,24-/m0/s1. The molecule has 3 atom stereocenters. The van der Waals surface area contributed by atoms with Gasteiger partial charge in [0.1, 0.15) is 12.6 Å². The monoisotopic (exact) mass is 479 g/mol. The van der Waals surface area contributed by atoms with Gasteiger partial charge in [-0.2, -0.15) is 0 Å². The number of carbonyl (C=O) groups excluding carboxylic acids is 2. The highest BCUT2D eigenvalue weighted by atomic mass is 16.5. The number of piperidine rings is 1. The van der Waals surface area contributed by atoms with Crippen LogP contribution in [0.3, 0.4) is 0 Å². The Morgan fingerprint density at radius 3 is 2.23 bits per heavy atom. The molecule has 4 rings (SSSR count). The Morgan fingerprint density at radius 1 is 1.06 bits per heavy atom. The Hall–Kier alpha value is -3.39. The van der Waals surface area contributed by atoms with Gasteiger partial charge in [0, 0.05) is 25.0 Å². The van der Waals surface area contributed by atoms with E-state index in [1.165, 1.54) is 0 Å². The number of nitrogens with one attached hydrogen (secondary N) is 1. The molecule has 1 fully saturated rings. The Morgan fingerprint density at radius 2 is 1.66 bits per heavy atom. The third-order valence-electron chi connectivity index (χ3n) is 7.00. The molecule has 2 amide bonds. The Labute approximate surface area is 205 Å². The van der Waals surface area contributed by atoms with Crippen molar-refractivity contribution in [3.05, 3.63) is 59.7 Å². The third-order valence-corrected chi connectivity index (χ3v) is 7.00. The molecule has 2 aliphatic rings. The molecule has 2 N–H and O–H groups in total. The number of ether oxygens (including phenoxy) is 1. The zero-order valence-electron chi connectivity index (χ0n) is 20.4. The number of alkyl carbamates (subject to hydrolysis) is 1. The average molecular weight is 480 g/mol. The predicted octanol–water partition coefficient (Wildman–Crippen LogP) is 3.17. The highest BCUT2D eigenvalue weighted by molar-refractivity contribution is 5.87. The first kappa shape index (κ1) is 24.7. The molecule has 1 heterocycles. The molecule has 1 saturated heterocycles. The normalized spacial score (nSPS) is 20.2. The lowest BCUT2D eigenvalue weighted by Gasteiger charge is -2.38. The Balaban J connectivity index is 1.44. The van der Waals surface area contributed by atoms with Gasteiger partial charge in [0.05, 0.1) is 5.92 Å². The Bertz CT molecular complexity index is 1060. The minimum Gasteiger partial charge on any atom is -0.481 e. The summed E-state index contributed by atoms with van der Waals surface area (Å²) in [6.07, 6.45) is 0.493.